The second-order valence-corrected chi connectivity index (χ2v) is 6.98. The molecule has 2 bridgehead atoms. The van der Waals surface area contributed by atoms with Crippen molar-refractivity contribution in [2.75, 3.05) is 19.6 Å². The van der Waals surface area contributed by atoms with Gasteiger partial charge in [-0.1, -0.05) is 30.3 Å². The van der Waals surface area contributed by atoms with E-state index in [0.29, 0.717) is 12.3 Å². The number of fused-ring (bicyclic) bond motifs is 3. The van der Waals surface area contributed by atoms with Crippen molar-refractivity contribution in [1.29, 1.82) is 0 Å². The lowest BCUT2D eigenvalue weighted by Gasteiger charge is -2.44. The van der Waals surface area contributed by atoms with E-state index in [9.17, 15) is 4.79 Å². The molecule has 5 nitrogen and oxygen atoms in total. The van der Waals surface area contributed by atoms with Crippen molar-refractivity contribution in [2.24, 2.45) is 5.92 Å². The number of carbonyl (C=O) groups excluding carboxylic acids is 1. The first-order chi connectivity index (χ1) is 12.3. The molecule has 3 fully saturated rings. The molecule has 5 heteroatoms. The highest BCUT2D eigenvalue weighted by Gasteiger charge is 2.37. The fourth-order valence-electron chi connectivity index (χ4n) is 3.94. The lowest BCUT2D eigenvalue weighted by Crippen LogP contribution is -2.52. The van der Waals surface area contributed by atoms with Gasteiger partial charge in [0.15, 0.2) is 0 Å². The summed E-state index contributed by atoms with van der Waals surface area (Å²) < 4.78 is 5.99. The second-order valence-electron chi connectivity index (χ2n) is 6.98. The molecule has 0 N–H and O–H groups in total. The summed E-state index contributed by atoms with van der Waals surface area (Å²) in [5.74, 6) is 0.0332. The van der Waals surface area contributed by atoms with Crippen LogP contribution in [0.1, 0.15) is 30.0 Å². The number of hydrogen-bond donors (Lipinski definition) is 0. The minimum Gasteiger partial charge on any atom is -0.460 e. The van der Waals surface area contributed by atoms with E-state index in [1.54, 1.807) is 18.6 Å². The van der Waals surface area contributed by atoms with Gasteiger partial charge in [-0.3, -0.25) is 19.7 Å². The fourth-order valence-corrected chi connectivity index (χ4v) is 3.94. The normalized spacial score (nSPS) is 26.2. The molecule has 1 unspecified atom stereocenters. The molecule has 3 saturated heterocycles. The van der Waals surface area contributed by atoms with E-state index in [1.807, 2.05) is 30.3 Å². The van der Waals surface area contributed by atoms with Gasteiger partial charge >= 0.3 is 5.97 Å². The maximum Gasteiger partial charge on any atom is 0.314 e. The Hall–Kier alpha value is -2.27. The van der Waals surface area contributed by atoms with Gasteiger partial charge in [-0.25, -0.2) is 0 Å². The molecule has 2 aromatic rings. The van der Waals surface area contributed by atoms with Crippen LogP contribution in [0.3, 0.4) is 0 Å². The van der Waals surface area contributed by atoms with Crippen molar-refractivity contribution in [1.82, 2.24) is 14.9 Å². The molecule has 0 radical (unpaired) electrons. The Bertz CT molecular complexity index is 699. The third kappa shape index (κ3) is 3.71. The molecule has 0 aliphatic carbocycles. The van der Waals surface area contributed by atoms with E-state index in [-0.39, 0.29) is 18.0 Å². The standard InChI is InChI=1S/C20H23N3O2/c24-20(25-19-14-23-10-6-16(19)7-11-23)18(15-4-2-1-3-5-15)12-17-13-21-8-9-22-17/h1-5,8-9,13,16,18-19H,6-7,10-12,14H2/t18?,19-/m0/s1. The highest BCUT2D eigenvalue weighted by Crippen LogP contribution is 2.31. The zero-order valence-electron chi connectivity index (χ0n) is 14.3. The summed E-state index contributed by atoms with van der Waals surface area (Å²) in [7, 11) is 0. The number of hydrogen-bond acceptors (Lipinski definition) is 5. The number of carbonyl (C=O) groups is 1. The molecule has 4 heterocycles. The first kappa shape index (κ1) is 16.2. The van der Waals surface area contributed by atoms with Gasteiger partial charge in [0.25, 0.3) is 0 Å². The van der Waals surface area contributed by atoms with Crippen LogP contribution in [-0.2, 0) is 16.0 Å². The van der Waals surface area contributed by atoms with Crippen molar-refractivity contribution >= 4 is 5.97 Å². The summed E-state index contributed by atoms with van der Waals surface area (Å²) >= 11 is 0. The molecule has 0 saturated carbocycles. The third-order valence-corrected chi connectivity index (χ3v) is 5.38. The van der Waals surface area contributed by atoms with E-state index in [2.05, 4.69) is 14.9 Å². The first-order valence-electron chi connectivity index (χ1n) is 9.02. The molecule has 3 aliphatic heterocycles. The van der Waals surface area contributed by atoms with Gasteiger partial charge in [-0.15, -0.1) is 0 Å². The number of piperidine rings is 3. The van der Waals surface area contributed by atoms with Crippen molar-refractivity contribution in [3.63, 3.8) is 0 Å². The molecular weight excluding hydrogens is 314 g/mol. The number of benzene rings is 1. The SMILES string of the molecule is O=C(O[C@H]1CN2CCC1CC2)C(Cc1cnccn1)c1ccccc1. The van der Waals surface area contributed by atoms with Crippen molar-refractivity contribution < 1.29 is 9.53 Å². The maximum atomic E-state index is 13.0. The molecule has 5 rings (SSSR count). The third-order valence-electron chi connectivity index (χ3n) is 5.38. The summed E-state index contributed by atoms with van der Waals surface area (Å²) in [5.41, 5.74) is 1.78. The molecule has 1 aromatic carbocycles. The molecule has 25 heavy (non-hydrogen) atoms. The van der Waals surface area contributed by atoms with Gasteiger partial charge in [-0.05, 0) is 37.4 Å². The predicted octanol–water partition coefficient (Wildman–Crippen LogP) is 2.44. The van der Waals surface area contributed by atoms with E-state index in [0.717, 1.165) is 43.7 Å². The Balaban J connectivity index is 1.52. The number of nitrogens with zero attached hydrogens (tertiary/aromatic N) is 3. The number of esters is 1. The van der Waals surface area contributed by atoms with Gasteiger partial charge < -0.3 is 4.74 Å². The largest absolute Gasteiger partial charge is 0.460 e. The lowest BCUT2D eigenvalue weighted by molar-refractivity contribution is -0.160. The quantitative estimate of drug-likeness (QED) is 0.785. The second kappa shape index (κ2) is 7.31. The van der Waals surface area contributed by atoms with E-state index in [4.69, 9.17) is 4.74 Å². The number of rotatable bonds is 5. The predicted molar refractivity (Wildman–Crippen MR) is 94.0 cm³/mol. The fraction of sp³-hybridized carbons (Fsp3) is 0.450. The van der Waals surface area contributed by atoms with Crippen LogP contribution in [0.25, 0.3) is 0 Å². The molecule has 2 atom stereocenters. The minimum atomic E-state index is -0.339. The zero-order chi connectivity index (χ0) is 17.1. The Kier molecular flexibility index (Phi) is 4.74. The monoisotopic (exact) mass is 337 g/mol. The van der Waals surface area contributed by atoms with Gasteiger partial charge in [-0.2, -0.15) is 0 Å². The van der Waals surface area contributed by atoms with Gasteiger partial charge in [0.05, 0.1) is 11.6 Å². The molecule has 130 valence electrons. The number of aromatic nitrogens is 2. The summed E-state index contributed by atoms with van der Waals surface area (Å²) in [6, 6.07) is 9.85. The van der Waals surface area contributed by atoms with Gasteiger partial charge in [0.1, 0.15) is 6.10 Å². The molecule has 1 aromatic heterocycles. The molecular formula is C20H23N3O2. The van der Waals surface area contributed by atoms with Crippen molar-refractivity contribution in [3.05, 3.63) is 60.2 Å². The van der Waals surface area contributed by atoms with E-state index < -0.39 is 0 Å². The Morgan fingerprint density at radius 1 is 1.20 bits per heavy atom. The van der Waals surface area contributed by atoms with Crippen LogP contribution < -0.4 is 0 Å². The Morgan fingerprint density at radius 3 is 2.64 bits per heavy atom. The summed E-state index contributed by atoms with van der Waals surface area (Å²) in [6.45, 7) is 3.16. The maximum absolute atomic E-state index is 13.0. The number of ether oxygens (including phenoxy) is 1. The highest BCUT2D eigenvalue weighted by molar-refractivity contribution is 5.78. The molecule has 3 aliphatic rings. The molecule has 0 spiro atoms. The molecule has 0 amide bonds. The van der Waals surface area contributed by atoms with Crippen LogP contribution in [0, 0.1) is 5.92 Å². The van der Waals surface area contributed by atoms with Crippen LogP contribution in [0.5, 0.6) is 0 Å². The van der Waals surface area contributed by atoms with Gasteiger partial charge in [0.2, 0.25) is 0 Å². The van der Waals surface area contributed by atoms with Crippen LogP contribution in [0.15, 0.2) is 48.9 Å². The van der Waals surface area contributed by atoms with Crippen molar-refractivity contribution in [3.8, 4) is 0 Å². The van der Waals surface area contributed by atoms with E-state index >= 15 is 0 Å². The van der Waals surface area contributed by atoms with Crippen LogP contribution >= 0.6 is 0 Å². The Morgan fingerprint density at radius 2 is 2.00 bits per heavy atom. The van der Waals surface area contributed by atoms with Crippen LogP contribution in [0.4, 0.5) is 0 Å². The Labute approximate surface area is 148 Å². The summed E-state index contributed by atoms with van der Waals surface area (Å²) in [6.07, 6.45) is 7.84. The first-order valence-corrected chi connectivity index (χ1v) is 9.02. The van der Waals surface area contributed by atoms with Crippen molar-refractivity contribution in [2.45, 2.75) is 31.3 Å². The summed E-state index contributed by atoms with van der Waals surface area (Å²) in [4.78, 5) is 23.9. The van der Waals surface area contributed by atoms with Gasteiger partial charge in [0, 0.05) is 31.6 Å². The van der Waals surface area contributed by atoms with Crippen LogP contribution in [0.2, 0.25) is 0 Å². The lowest BCUT2D eigenvalue weighted by atomic mass is 9.85. The average molecular weight is 337 g/mol. The zero-order valence-corrected chi connectivity index (χ0v) is 14.3. The smallest absolute Gasteiger partial charge is 0.314 e. The van der Waals surface area contributed by atoms with E-state index in [1.165, 1.54) is 0 Å². The summed E-state index contributed by atoms with van der Waals surface area (Å²) in [5, 5.41) is 0. The minimum absolute atomic E-state index is 0.0306. The van der Waals surface area contributed by atoms with Crippen LogP contribution in [-0.4, -0.2) is 46.6 Å². The topological polar surface area (TPSA) is 55.3 Å². The highest BCUT2D eigenvalue weighted by atomic mass is 16.5. The average Bonchev–Trinajstić information content (AvgIpc) is 2.68.